The van der Waals surface area contributed by atoms with Gasteiger partial charge in [0.1, 0.15) is 18.4 Å². The van der Waals surface area contributed by atoms with Crippen molar-refractivity contribution in [3.8, 4) is 5.75 Å². The predicted octanol–water partition coefficient (Wildman–Crippen LogP) is 2.98. The number of benzene rings is 2. The van der Waals surface area contributed by atoms with E-state index in [1.54, 1.807) is 12.1 Å². The zero-order valence-electron chi connectivity index (χ0n) is 18.5. The van der Waals surface area contributed by atoms with E-state index in [0.29, 0.717) is 18.6 Å². The molecule has 0 spiro atoms. The maximum Gasteiger partial charge on any atom is 0.251 e. The van der Waals surface area contributed by atoms with Crippen LogP contribution in [0.4, 0.5) is 0 Å². The second-order valence-corrected chi connectivity index (χ2v) is 8.28. The van der Waals surface area contributed by atoms with Crippen molar-refractivity contribution in [1.82, 2.24) is 15.1 Å². The number of likely N-dealkylation sites (tertiary alicyclic amines) is 1. The predicted molar refractivity (Wildman–Crippen MR) is 122 cm³/mol. The minimum atomic E-state index is -0.591. The molecule has 1 saturated heterocycles. The highest BCUT2D eigenvalue weighted by atomic mass is 16.5. The molecular formula is C25H33N3O3. The highest BCUT2D eigenvalue weighted by Crippen LogP contribution is 2.16. The first-order valence-corrected chi connectivity index (χ1v) is 11.0. The van der Waals surface area contributed by atoms with E-state index in [1.807, 2.05) is 61.5 Å². The summed E-state index contributed by atoms with van der Waals surface area (Å²) in [5.74, 6) is 0.577. The summed E-state index contributed by atoms with van der Waals surface area (Å²) in [5.41, 5.74) is 1.55. The molecule has 0 aliphatic carbocycles. The summed E-state index contributed by atoms with van der Waals surface area (Å²) >= 11 is 0. The van der Waals surface area contributed by atoms with Crippen molar-refractivity contribution in [1.29, 1.82) is 0 Å². The van der Waals surface area contributed by atoms with Gasteiger partial charge < -0.3 is 19.9 Å². The highest BCUT2D eigenvalue weighted by Gasteiger charge is 2.27. The summed E-state index contributed by atoms with van der Waals surface area (Å²) in [4.78, 5) is 29.9. The molecule has 1 aliphatic rings. The first-order chi connectivity index (χ1) is 15.0. The van der Waals surface area contributed by atoms with E-state index in [2.05, 4.69) is 10.2 Å². The Morgan fingerprint density at radius 3 is 2.32 bits per heavy atom. The molecule has 2 amide bonds. The fraction of sp³-hybridized carbons (Fsp3) is 0.440. The van der Waals surface area contributed by atoms with Gasteiger partial charge in [-0.3, -0.25) is 9.59 Å². The Labute approximate surface area is 185 Å². The van der Waals surface area contributed by atoms with Crippen molar-refractivity contribution >= 4 is 11.8 Å². The SMILES string of the molecule is CN(C)CCOc1ccc(C[C@H](NC(=O)c2ccccc2)C(=O)N2CCCCC2)cc1. The van der Waals surface area contributed by atoms with Gasteiger partial charge in [0.15, 0.2) is 0 Å². The molecule has 0 aromatic heterocycles. The number of likely N-dealkylation sites (N-methyl/N-ethyl adjacent to an activating group) is 1. The smallest absolute Gasteiger partial charge is 0.251 e. The molecule has 6 heteroatoms. The number of carbonyl (C=O) groups is 2. The summed E-state index contributed by atoms with van der Waals surface area (Å²) < 4.78 is 5.76. The molecule has 1 heterocycles. The molecule has 6 nitrogen and oxygen atoms in total. The molecule has 1 aliphatic heterocycles. The van der Waals surface area contributed by atoms with Crippen molar-refractivity contribution in [2.24, 2.45) is 0 Å². The average molecular weight is 424 g/mol. The van der Waals surface area contributed by atoms with Crippen LogP contribution in [0.1, 0.15) is 35.2 Å². The van der Waals surface area contributed by atoms with Gasteiger partial charge in [0, 0.05) is 31.6 Å². The number of hydrogen-bond donors (Lipinski definition) is 1. The normalized spacial score (nSPS) is 14.9. The molecule has 0 bridgehead atoms. The third kappa shape index (κ3) is 7.10. The van der Waals surface area contributed by atoms with Crippen LogP contribution in [0.25, 0.3) is 0 Å². The lowest BCUT2D eigenvalue weighted by Crippen LogP contribution is -2.51. The van der Waals surface area contributed by atoms with E-state index in [1.165, 1.54) is 0 Å². The van der Waals surface area contributed by atoms with Crippen molar-refractivity contribution in [3.63, 3.8) is 0 Å². The molecule has 2 aromatic rings. The Kier molecular flexibility index (Phi) is 8.47. The van der Waals surface area contributed by atoms with Gasteiger partial charge in [0.05, 0.1) is 0 Å². The second-order valence-electron chi connectivity index (χ2n) is 8.28. The number of carbonyl (C=O) groups excluding carboxylic acids is 2. The molecule has 166 valence electrons. The number of amides is 2. The molecule has 31 heavy (non-hydrogen) atoms. The molecule has 1 atom stereocenters. The lowest BCUT2D eigenvalue weighted by atomic mass is 10.0. The largest absolute Gasteiger partial charge is 0.492 e. The van der Waals surface area contributed by atoms with E-state index in [-0.39, 0.29) is 11.8 Å². The molecule has 0 unspecified atom stereocenters. The lowest BCUT2D eigenvalue weighted by molar-refractivity contribution is -0.134. The Morgan fingerprint density at radius 2 is 1.68 bits per heavy atom. The molecule has 2 aromatic carbocycles. The number of ether oxygens (including phenoxy) is 1. The van der Waals surface area contributed by atoms with Crippen LogP contribution in [0, 0.1) is 0 Å². The zero-order chi connectivity index (χ0) is 22.1. The monoisotopic (exact) mass is 423 g/mol. The van der Waals surface area contributed by atoms with Crippen LogP contribution >= 0.6 is 0 Å². The van der Waals surface area contributed by atoms with E-state index in [0.717, 1.165) is 50.2 Å². The van der Waals surface area contributed by atoms with Gasteiger partial charge in [-0.1, -0.05) is 30.3 Å². The number of nitrogens with one attached hydrogen (secondary N) is 1. The van der Waals surface area contributed by atoms with Gasteiger partial charge in [-0.05, 0) is 63.2 Å². The average Bonchev–Trinajstić information content (AvgIpc) is 2.80. The molecule has 0 saturated carbocycles. The fourth-order valence-corrected chi connectivity index (χ4v) is 3.67. The van der Waals surface area contributed by atoms with Crippen molar-refractivity contribution < 1.29 is 14.3 Å². The lowest BCUT2D eigenvalue weighted by Gasteiger charge is -2.31. The zero-order valence-corrected chi connectivity index (χ0v) is 18.5. The van der Waals surface area contributed by atoms with Crippen LogP contribution in [0.5, 0.6) is 5.75 Å². The fourth-order valence-electron chi connectivity index (χ4n) is 3.67. The van der Waals surface area contributed by atoms with Crippen molar-refractivity contribution in [2.45, 2.75) is 31.7 Å². The van der Waals surface area contributed by atoms with Crippen LogP contribution in [0.15, 0.2) is 54.6 Å². The molecule has 3 rings (SSSR count). The Hall–Kier alpha value is -2.86. The van der Waals surface area contributed by atoms with Gasteiger partial charge in [-0.15, -0.1) is 0 Å². The number of nitrogens with zero attached hydrogens (tertiary/aromatic N) is 2. The Morgan fingerprint density at radius 1 is 1.00 bits per heavy atom. The standard InChI is InChI=1S/C25H33N3O3/c1-27(2)17-18-31-22-13-11-20(12-14-22)19-23(25(30)28-15-7-4-8-16-28)26-24(29)21-9-5-3-6-10-21/h3,5-6,9-14,23H,4,7-8,15-19H2,1-2H3,(H,26,29)/t23-/m0/s1. The minimum Gasteiger partial charge on any atom is -0.492 e. The van der Waals surface area contributed by atoms with Gasteiger partial charge >= 0.3 is 0 Å². The minimum absolute atomic E-state index is 0.00436. The van der Waals surface area contributed by atoms with Gasteiger partial charge in [0.2, 0.25) is 5.91 Å². The Balaban J connectivity index is 1.68. The molecule has 1 N–H and O–H groups in total. The molecular weight excluding hydrogens is 390 g/mol. The van der Waals surface area contributed by atoms with Gasteiger partial charge in [-0.25, -0.2) is 0 Å². The van der Waals surface area contributed by atoms with Crippen LogP contribution in [-0.4, -0.2) is 68.0 Å². The van der Waals surface area contributed by atoms with E-state index >= 15 is 0 Å². The van der Waals surface area contributed by atoms with Crippen LogP contribution in [0.3, 0.4) is 0 Å². The summed E-state index contributed by atoms with van der Waals surface area (Å²) in [6, 6.07) is 16.2. The van der Waals surface area contributed by atoms with E-state index in [4.69, 9.17) is 4.74 Å². The highest BCUT2D eigenvalue weighted by molar-refractivity contribution is 5.97. The van der Waals surface area contributed by atoms with Crippen LogP contribution in [-0.2, 0) is 11.2 Å². The van der Waals surface area contributed by atoms with Gasteiger partial charge in [0.25, 0.3) is 5.91 Å². The number of hydrogen-bond acceptors (Lipinski definition) is 4. The summed E-state index contributed by atoms with van der Waals surface area (Å²) in [5, 5.41) is 2.97. The van der Waals surface area contributed by atoms with Gasteiger partial charge in [-0.2, -0.15) is 0 Å². The topological polar surface area (TPSA) is 61.9 Å². The summed E-state index contributed by atoms with van der Waals surface area (Å²) in [6.07, 6.45) is 3.64. The molecule has 0 radical (unpaired) electrons. The van der Waals surface area contributed by atoms with E-state index < -0.39 is 6.04 Å². The first-order valence-electron chi connectivity index (χ1n) is 11.0. The second kappa shape index (κ2) is 11.5. The molecule has 1 fully saturated rings. The van der Waals surface area contributed by atoms with Crippen molar-refractivity contribution in [2.75, 3.05) is 40.3 Å². The summed E-state index contributed by atoms with van der Waals surface area (Å²) in [7, 11) is 4.02. The third-order valence-corrected chi connectivity index (χ3v) is 5.48. The maximum atomic E-state index is 13.2. The first kappa shape index (κ1) is 22.8. The number of piperidine rings is 1. The summed E-state index contributed by atoms with van der Waals surface area (Å²) in [6.45, 7) is 2.99. The van der Waals surface area contributed by atoms with E-state index in [9.17, 15) is 9.59 Å². The van der Waals surface area contributed by atoms with Crippen molar-refractivity contribution in [3.05, 3.63) is 65.7 Å². The maximum absolute atomic E-state index is 13.2. The third-order valence-electron chi connectivity index (χ3n) is 5.48. The quantitative estimate of drug-likeness (QED) is 0.674. The number of rotatable bonds is 9. The van der Waals surface area contributed by atoms with Crippen LogP contribution in [0.2, 0.25) is 0 Å². The Bertz CT molecular complexity index is 831. The van der Waals surface area contributed by atoms with Crippen LogP contribution < -0.4 is 10.1 Å².